The minimum atomic E-state index is 0.420. The number of aryl methyl sites for hydroxylation is 1. The van der Waals surface area contributed by atoms with Crippen LogP contribution in [0.1, 0.15) is 34.9 Å². The molecule has 2 aromatic rings. The molecule has 3 rings (SSSR count). The lowest BCUT2D eigenvalue weighted by Crippen LogP contribution is -2.33. The average Bonchev–Trinajstić information content (AvgIpc) is 2.90. The molecule has 3 heterocycles. The molecule has 0 aliphatic carbocycles. The van der Waals surface area contributed by atoms with Crippen LogP contribution >= 0.6 is 11.3 Å². The predicted molar refractivity (Wildman–Crippen MR) is 81.4 cm³/mol. The lowest BCUT2D eigenvalue weighted by Gasteiger charge is -2.33. The summed E-state index contributed by atoms with van der Waals surface area (Å²) in [7, 11) is 0. The summed E-state index contributed by atoms with van der Waals surface area (Å²) in [6.45, 7) is 6.02. The van der Waals surface area contributed by atoms with Gasteiger partial charge in [0, 0.05) is 29.2 Å². The molecule has 0 radical (unpaired) electrons. The average molecular weight is 289 g/mol. The fraction of sp³-hybridized carbons (Fsp3) is 0.429. The van der Waals surface area contributed by atoms with E-state index in [2.05, 4.69) is 38.7 Å². The Kier molecular flexibility index (Phi) is 3.69. The van der Waals surface area contributed by atoms with Crippen LogP contribution in [0, 0.1) is 6.92 Å². The number of nitrogens with one attached hydrogen (secondary N) is 1. The predicted octanol–water partition coefficient (Wildman–Crippen LogP) is 2.25. The highest BCUT2D eigenvalue weighted by Crippen LogP contribution is 2.33. The molecule has 1 unspecified atom stereocenters. The van der Waals surface area contributed by atoms with Crippen LogP contribution < -0.4 is 11.3 Å². The van der Waals surface area contributed by atoms with Crippen LogP contribution in [0.4, 0.5) is 5.82 Å². The summed E-state index contributed by atoms with van der Waals surface area (Å²) >= 11 is 1.86. The Morgan fingerprint density at radius 2 is 2.35 bits per heavy atom. The Hall–Kier alpha value is -1.50. The van der Waals surface area contributed by atoms with Gasteiger partial charge in [-0.05, 0) is 37.3 Å². The second-order valence-electron chi connectivity index (χ2n) is 5.15. The van der Waals surface area contributed by atoms with E-state index >= 15 is 0 Å². The summed E-state index contributed by atoms with van der Waals surface area (Å²) < 4.78 is 0. The number of nitrogen functional groups attached to an aromatic ring is 1. The molecule has 106 valence electrons. The van der Waals surface area contributed by atoms with Crippen molar-refractivity contribution in [3.05, 3.63) is 39.5 Å². The molecule has 3 N–H and O–H groups in total. The molecule has 0 fully saturated rings. The van der Waals surface area contributed by atoms with E-state index in [4.69, 9.17) is 5.84 Å². The third-order valence-corrected chi connectivity index (χ3v) is 4.79. The number of aromatic nitrogens is 2. The van der Waals surface area contributed by atoms with Crippen molar-refractivity contribution in [2.75, 3.05) is 12.0 Å². The number of rotatable bonds is 3. The quantitative estimate of drug-likeness (QED) is 0.670. The summed E-state index contributed by atoms with van der Waals surface area (Å²) in [6.07, 6.45) is 1.12. The van der Waals surface area contributed by atoms with Crippen molar-refractivity contribution in [3.8, 4) is 0 Å². The molecule has 0 amide bonds. The zero-order chi connectivity index (χ0) is 14.1. The largest absolute Gasteiger partial charge is 0.308 e. The van der Waals surface area contributed by atoms with Crippen LogP contribution in [0.25, 0.3) is 0 Å². The minimum Gasteiger partial charge on any atom is -0.308 e. The lowest BCUT2D eigenvalue weighted by molar-refractivity contribution is 0.186. The van der Waals surface area contributed by atoms with Crippen molar-refractivity contribution in [2.45, 2.75) is 32.9 Å². The van der Waals surface area contributed by atoms with Gasteiger partial charge in [0.2, 0.25) is 0 Å². The Morgan fingerprint density at radius 1 is 1.50 bits per heavy atom. The van der Waals surface area contributed by atoms with Crippen molar-refractivity contribution in [2.24, 2.45) is 5.84 Å². The van der Waals surface area contributed by atoms with E-state index in [1.807, 2.05) is 24.3 Å². The molecular weight excluding hydrogens is 270 g/mol. The zero-order valence-electron chi connectivity index (χ0n) is 11.8. The molecule has 1 aliphatic heterocycles. The number of anilines is 1. The Balaban J connectivity index is 1.80. The third-order valence-electron chi connectivity index (χ3n) is 3.80. The maximum absolute atomic E-state index is 5.44. The molecule has 0 aromatic carbocycles. The Morgan fingerprint density at radius 3 is 3.15 bits per heavy atom. The fourth-order valence-corrected chi connectivity index (χ4v) is 3.70. The van der Waals surface area contributed by atoms with E-state index < -0.39 is 0 Å². The lowest BCUT2D eigenvalue weighted by atomic mass is 10.0. The maximum Gasteiger partial charge on any atom is 0.145 e. The molecule has 2 aromatic heterocycles. The van der Waals surface area contributed by atoms with E-state index in [1.165, 1.54) is 10.4 Å². The monoisotopic (exact) mass is 289 g/mol. The van der Waals surface area contributed by atoms with E-state index in [1.54, 1.807) is 0 Å². The molecule has 5 nitrogen and oxygen atoms in total. The van der Waals surface area contributed by atoms with Crippen LogP contribution in [0.15, 0.2) is 17.5 Å². The van der Waals surface area contributed by atoms with Crippen molar-refractivity contribution < 1.29 is 0 Å². The molecule has 20 heavy (non-hydrogen) atoms. The highest BCUT2D eigenvalue weighted by molar-refractivity contribution is 7.10. The first-order valence-corrected chi connectivity index (χ1v) is 7.67. The number of nitrogens with two attached hydrogens (primary N) is 1. The highest BCUT2D eigenvalue weighted by Gasteiger charge is 2.25. The number of hydrazine groups is 1. The van der Waals surface area contributed by atoms with Crippen molar-refractivity contribution in [1.29, 1.82) is 0 Å². The summed E-state index contributed by atoms with van der Waals surface area (Å²) in [5, 5.41) is 2.18. The van der Waals surface area contributed by atoms with Gasteiger partial charge in [-0.25, -0.2) is 15.8 Å². The summed E-state index contributed by atoms with van der Waals surface area (Å²) in [4.78, 5) is 12.9. The van der Waals surface area contributed by atoms with Gasteiger partial charge in [0.15, 0.2) is 0 Å². The van der Waals surface area contributed by atoms with Gasteiger partial charge in [0.1, 0.15) is 11.6 Å². The first-order valence-electron chi connectivity index (χ1n) is 6.79. The van der Waals surface area contributed by atoms with E-state index in [9.17, 15) is 0 Å². The number of nitrogens with zero attached hydrogens (tertiary/aromatic N) is 3. The first-order chi connectivity index (χ1) is 9.67. The minimum absolute atomic E-state index is 0.420. The highest BCUT2D eigenvalue weighted by atomic mass is 32.1. The third kappa shape index (κ3) is 2.54. The molecule has 0 saturated carbocycles. The molecule has 0 saturated heterocycles. The molecule has 6 heteroatoms. The second kappa shape index (κ2) is 5.47. The summed E-state index contributed by atoms with van der Waals surface area (Å²) in [5.41, 5.74) is 4.98. The van der Waals surface area contributed by atoms with Crippen LogP contribution in [0.2, 0.25) is 0 Å². The van der Waals surface area contributed by atoms with Gasteiger partial charge in [-0.1, -0.05) is 0 Å². The van der Waals surface area contributed by atoms with Gasteiger partial charge in [-0.15, -0.1) is 11.3 Å². The zero-order valence-corrected chi connectivity index (χ0v) is 12.6. The van der Waals surface area contributed by atoms with Gasteiger partial charge >= 0.3 is 0 Å². The van der Waals surface area contributed by atoms with Crippen molar-refractivity contribution in [3.63, 3.8) is 0 Å². The topological polar surface area (TPSA) is 67.1 Å². The Bertz CT molecular complexity index is 609. The molecular formula is C14H19N5S. The standard InChI is InChI=1S/C14H19N5S/c1-9-7-13(18-15)17-14(16-9)8-19-5-3-12-11(10(19)2)4-6-20-12/h4,6-7,10H,3,5,8,15H2,1-2H3,(H,16,17,18). The number of hydrogen-bond acceptors (Lipinski definition) is 6. The van der Waals surface area contributed by atoms with Gasteiger partial charge in [0.05, 0.1) is 6.54 Å². The van der Waals surface area contributed by atoms with Crippen molar-refractivity contribution in [1.82, 2.24) is 14.9 Å². The van der Waals surface area contributed by atoms with Crippen LogP contribution in [-0.2, 0) is 13.0 Å². The molecule has 0 spiro atoms. The smallest absolute Gasteiger partial charge is 0.145 e. The second-order valence-corrected chi connectivity index (χ2v) is 6.15. The van der Waals surface area contributed by atoms with Gasteiger partial charge in [0.25, 0.3) is 0 Å². The molecule has 1 atom stereocenters. The number of thiophene rings is 1. The SMILES string of the molecule is Cc1cc(NN)nc(CN2CCc3sccc3C2C)n1. The van der Waals surface area contributed by atoms with Gasteiger partial charge < -0.3 is 5.43 Å². The Labute approximate surface area is 122 Å². The maximum atomic E-state index is 5.44. The number of fused-ring (bicyclic) bond motifs is 1. The molecule has 0 bridgehead atoms. The van der Waals surface area contributed by atoms with Crippen molar-refractivity contribution >= 4 is 17.2 Å². The fourth-order valence-electron chi connectivity index (χ4n) is 2.73. The van der Waals surface area contributed by atoms with Crippen LogP contribution in [-0.4, -0.2) is 21.4 Å². The van der Waals surface area contributed by atoms with Crippen LogP contribution in [0.5, 0.6) is 0 Å². The van der Waals surface area contributed by atoms with Gasteiger partial charge in [-0.3, -0.25) is 4.90 Å². The normalized spacial score (nSPS) is 18.9. The van der Waals surface area contributed by atoms with E-state index in [0.717, 1.165) is 31.0 Å². The van der Waals surface area contributed by atoms with E-state index in [0.29, 0.717) is 11.9 Å². The summed E-state index contributed by atoms with van der Waals surface area (Å²) in [5.74, 6) is 6.94. The van der Waals surface area contributed by atoms with E-state index in [-0.39, 0.29) is 0 Å². The first kappa shape index (κ1) is 13.5. The summed E-state index contributed by atoms with van der Waals surface area (Å²) in [6, 6.07) is 4.50. The van der Waals surface area contributed by atoms with Crippen LogP contribution in [0.3, 0.4) is 0 Å². The number of hydrogen-bond donors (Lipinski definition) is 2. The van der Waals surface area contributed by atoms with Gasteiger partial charge in [-0.2, -0.15) is 0 Å². The molecule has 1 aliphatic rings.